The zero-order valence-electron chi connectivity index (χ0n) is 23.5. The minimum Gasteiger partial charge on any atom is -0.305 e. The van der Waals surface area contributed by atoms with Crippen LogP contribution in [0.2, 0.25) is 0 Å². The van der Waals surface area contributed by atoms with Gasteiger partial charge in [-0.25, -0.2) is 0 Å². The summed E-state index contributed by atoms with van der Waals surface area (Å²) < 4.78 is 2.55. The molecule has 2 nitrogen and oxygen atoms in total. The van der Waals surface area contributed by atoms with Crippen molar-refractivity contribution in [3.8, 4) is 22.5 Å². The maximum Gasteiger partial charge on any atom is 0.0239 e. The van der Waals surface area contributed by atoms with Crippen LogP contribution in [0.25, 0.3) is 75.0 Å². The molecule has 0 N–H and O–H groups in total. The number of nitrogens with zero attached hydrogens (tertiary/aromatic N) is 2. The molecule has 0 amide bonds. The summed E-state index contributed by atoms with van der Waals surface area (Å²) in [5.41, 5.74) is 4.10. The van der Waals surface area contributed by atoms with Gasteiger partial charge in [-0.05, 0) is 72.0 Å². The predicted octanol–water partition coefficient (Wildman–Crippen LogP) is 10.9. The van der Waals surface area contributed by atoms with E-state index in [9.17, 15) is 0 Å². The van der Waals surface area contributed by atoms with E-state index in [1.54, 1.807) is 6.20 Å². The van der Waals surface area contributed by atoms with Gasteiger partial charge in [0.15, 0.2) is 0 Å². The van der Waals surface area contributed by atoms with Crippen molar-refractivity contribution in [2.75, 3.05) is 0 Å². The molecular weight excluding hydrogens is 733 g/mol. The molecule has 0 spiro atoms. The minimum absolute atomic E-state index is 0. The molecule has 1 radical (unpaired) electrons. The largest absolute Gasteiger partial charge is 0.305 e. The van der Waals surface area contributed by atoms with Crippen molar-refractivity contribution >= 4 is 63.8 Å². The summed E-state index contributed by atoms with van der Waals surface area (Å²) in [7, 11) is 0. The number of hydrogen-bond donors (Lipinski definition) is 0. The quantitative estimate of drug-likeness (QED) is 0.130. The van der Waals surface area contributed by atoms with E-state index in [0.29, 0.717) is 0 Å². The number of aromatic nitrogens is 2. The van der Waals surface area contributed by atoms with Crippen LogP contribution in [0.3, 0.4) is 0 Å². The summed E-state index contributed by atoms with van der Waals surface area (Å²) in [6.45, 7) is 0. The first-order valence-corrected chi connectivity index (χ1v) is 15.1. The number of pyridine rings is 2. The van der Waals surface area contributed by atoms with Crippen molar-refractivity contribution in [2.45, 2.75) is 0 Å². The molecule has 44 heavy (non-hydrogen) atoms. The second-order valence-corrected chi connectivity index (χ2v) is 11.4. The number of rotatable bonds is 2. The Labute approximate surface area is 273 Å². The zero-order valence-corrected chi connectivity index (χ0v) is 26.7. The van der Waals surface area contributed by atoms with E-state index < -0.39 is 0 Å². The van der Waals surface area contributed by atoms with Crippen LogP contribution in [0.5, 0.6) is 0 Å². The van der Waals surface area contributed by atoms with Gasteiger partial charge in [0.05, 0.1) is 0 Å². The third kappa shape index (κ3) is 4.98. The van der Waals surface area contributed by atoms with Crippen molar-refractivity contribution < 1.29 is 20.1 Å². The summed E-state index contributed by atoms with van der Waals surface area (Å²) in [5, 5.41) is 10.1. The van der Waals surface area contributed by atoms with Gasteiger partial charge in [-0.2, -0.15) is 11.3 Å². The van der Waals surface area contributed by atoms with Crippen LogP contribution in [0.1, 0.15) is 0 Å². The van der Waals surface area contributed by atoms with E-state index >= 15 is 0 Å². The average molecular weight is 757 g/mol. The third-order valence-electron chi connectivity index (χ3n) is 7.89. The molecule has 9 rings (SSSR count). The Balaban J connectivity index is 0.000000203. The molecule has 3 heterocycles. The fraction of sp³-hybridized carbons (Fsp3) is 0. The number of hydrogen-bond acceptors (Lipinski definition) is 3. The topological polar surface area (TPSA) is 25.8 Å². The summed E-state index contributed by atoms with van der Waals surface area (Å²) in [6, 6.07) is 52.8. The third-order valence-corrected chi connectivity index (χ3v) is 9.10. The van der Waals surface area contributed by atoms with Gasteiger partial charge < -0.3 is 9.97 Å². The maximum absolute atomic E-state index is 4.84. The van der Waals surface area contributed by atoms with E-state index in [-0.39, 0.29) is 20.1 Å². The predicted molar refractivity (Wildman–Crippen MR) is 182 cm³/mol. The SMILES string of the molecule is [Ir].[c-]1ccc2c(sc3ccccc32)c1-c1nccc2c1ccc1c3ccccc3ccc21.[c-]1ccccc1-c1ccccn1. The van der Waals surface area contributed by atoms with Gasteiger partial charge in [-0.3, -0.25) is 0 Å². The van der Waals surface area contributed by atoms with E-state index in [0.717, 1.165) is 22.5 Å². The van der Waals surface area contributed by atoms with Crippen LogP contribution in [0, 0.1) is 12.1 Å². The molecule has 0 atom stereocenters. The number of benzene rings is 6. The average Bonchev–Trinajstić information content (AvgIpc) is 3.48. The van der Waals surface area contributed by atoms with Crippen molar-refractivity contribution in [1.82, 2.24) is 9.97 Å². The smallest absolute Gasteiger partial charge is 0.0239 e. The molecule has 9 aromatic rings. The monoisotopic (exact) mass is 757 g/mol. The Bertz CT molecular complexity index is 2360. The van der Waals surface area contributed by atoms with Gasteiger partial charge in [0.1, 0.15) is 0 Å². The van der Waals surface area contributed by atoms with Gasteiger partial charge in [0.2, 0.25) is 0 Å². The second-order valence-electron chi connectivity index (χ2n) is 10.4. The van der Waals surface area contributed by atoms with Crippen molar-refractivity contribution in [3.63, 3.8) is 0 Å². The minimum atomic E-state index is 0. The molecule has 0 aliphatic carbocycles. The number of thiophene rings is 1. The van der Waals surface area contributed by atoms with E-state index in [1.165, 1.54) is 52.5 Å². The molecule has 4 heteroatoms. The zero-order chi connectivity index (χ0) is 28.6. The Kier molecular flexibility index (Phi) is 7.72. The van der Waals surface area contributed by atoms with Gasteiger partial charge in [-0.15, -0.1) is 59.7 Å². The van der Waals surface area contributed by atoms with Gasteiger partial charge in [-0.1, -0.05) is 84.2 Å². The maximum atomic E-state index is 4.84. The van der Waals surface area contributed by atoms with E-state index in [2.05, 4.69) is 102 Å². The van der Waals surface area contributed by atoms with Crippen LogP contribution in [-0.2, 0) is 20.1 Å². The van der Waals surface area contributed by atoms with Crippen molar-refractivity contribution in [1.29, 1.82) is 0 Å². The number of fused-ring (bicyclic) bond motifs is 8. The molecule has 0 fully saturated rings. The molecule has 0 aliphatic rings. The normalized spacial score (nSPS) is 11.0. The van der Waals surface area contributed by atoms with Crippen molar-refractivity contribution in [2.24, 2.45) is 0 Å². The molecule has 6 aromatic carbocycles. The summed E-state index contributed by atoms with van der Waals surface area (Å²) >= 11 is 1.83. The van der Waals surface area contributed by atoms with E-state index in [4.69, 9.17) is 4.98 Å². The van der Waals surface area contributed by atoms with Gasteiger partial charge >= 0.3 is 0 Å². The van der Waals surface area contributed by atoms with Crippen LogP contribution in [-0.4, -0.2) is 9.97 Å². The molecular formula is C40H24IrN2S-2. The first kappa shape index (κ1) is 28.1. The van der Waals surface area contributed by atoms with Crippen LogP contribution in [0.4, 0.5) is 0 Å². The Morgan fingerprint density at radius 1 is 0.477 bits per heavy atom. The standard InChI is InChI=1S/C29H16NS.C11H8N.Ir/c1-2-7-19-18(6-1)12-13-21-20(19)14-15-24-22(21)16-17-30-28(24)26-10-5-9-25-23-8-3-4-11-27(23)31-29(25)26;1-2-6-10(7-3-1)11-8-4-5-9-12-11;/h1-9,11-17H;1-6,8-9H;/q2*-1;. The first-order chi connectivity index (χ1) is 21.3. The fourth-order valence-corrected chi connectivity index (χ4v) is 7.09. The Morgan fingerprint density at radius 2 is 1.23 bits per heavy atom. The molecule has 0 saturated heterocycles. The van der Waals surface area contributed by atoms with E-state index in [1.807, 2.05) is 66.1 Å². The Morgan fingerprint density at radius 3 is 2.09 bits per heavy atom. The molecule has 0 bridgehead atoms. The molecule has 0 aliphatic heterocycles. The molecule has 211 valence electrons. The van der Waals surface area contributed by atoms with Gasteiger partial charge in [0, 0.05) is 37.2 Å². The first-order valence-electron chi connectivity index (χ1n) is 14.2. The molecule has 0 unspecified atom stereocenters. The van der Waals surface area contributed by atoms with Crippen molar-refractivity contribution in [3.05, 3.63) is 158 Å². The molecule has 3 aromatic heterocycles. The fourth-order valence-electron chi connectivity index (χ4n) is 5.89. The van der Waals surface area contributed by atoms with Crippen LogP contribution < -0.4 is 0 Å². The van der Waals surface area contributed by atoms with Crippen LogP contribution >= 0.6 is 11.3 Å². The Hall–Kier alpha value is -4.73. The summed E-state index contributed by atoms with van der Waals surface area (Å²) in [4.78, 5) is 9.06. The second kappa shape index (κ2) is 12.1. The van der Waals surface area contributed by atoms with Crippen LogP contribution in [0.15, 0.2) is 146 Å². The summed E-state index contributed by atoms with van der Waals surface area (Å²) in [5.74, 6) is 0. The summed E-state index contributed by atoms with van der Waals surface area (Å²) in [6.07, 6.45) is 3.72. The van der Waals surface area contributed by atoms with Gasteiger partial charge in [0.25, 0.3) is 0 Å². The molecule has 0 saturated carbocycles.